The number of carbonyl (C=O) groups is 2. The van der Waals surface area contributed by atoms with Gasteiger partial charge in [-0.3, -0.25) is 14.6 Å². The topological polar surface area (TPSA) is 137 Å². The lowest BCUT2D eigenvalue weighted by atomic mass is 9.81. The predicted octanol–water partition coefficient (Wildman–Crippen LogP) is 5.24. The highest BCUT2D eigenvalue weighted by Gasteiger charge is 2.58. The minimum Gasteiger partial charge on any atom is -0.489 e. The van der Waals surface area contributed by atoms with Gasteiger partial charge in [0.15, 0.2) is 23.2 Å². The van der Waals surface area contributed by atoms with E-state index in [0.717, 1.165) is 13.0 Å². The number of hydrogen-bond acceptors (Lipinski definition) is 7. The molecule has 5 rings (SSSR count). The standard InChI is InChI=1S/C30H21F9N4O5/c1-12-5-13-6-14(7-18(22(13)41-9-12)48-30(37,38)39)25(44)42-10-28(46,29(34,35)36)19-8-16-24(47-11-27(16,2)26(40)45)23(43-19)15-3-4-17(31)21(33)20(15)32/h3-9,46H,10-11H2,1-2H3,(H2,40,45)(H,42,44)/t27-,28?/m0/s1. The number of carbonyl (C=O) groups excluding carboxylic acids is 2. The molecule has 0 saturated heterocycles. The van der Waals surface area contributed by atoms with Crippen molar-refractivity contribution in [3.8, 4) is 22.8 Å². The Morgan fingerprint density at radius 2 is 1.75 bits per heavy atom. The molecule has 0 fully saturated rings. The zero-order chi connectivity index (χ0) is 35.6. The Bertz CT molecular complexity index is 1990. The van der Waals surface area contributed by atoms with Crippen LogP contribution in [0.2, 0.25) is 0 Å². The van der Waals surface area contributed by atoms with Gasteiger partial charge >= 0.3 is 12.5 Å². The molecule has 18 heteroatoms. The maximum atomic E-state index is 14.9. The molecule has 2 aromatic carbocycles. The molecular weight excluding hydrogens is 667 g/mol. The third-order valence-corrected chi connectivity index (χ3v) is 7.68. The van der Waals surface area contributed by atoms with Crippen LogP contribution < -0.4 is 20.5 Å². The van der Waals surface area contributed by atoms with Crippen LogP contribution in [0.25, 0.3) is 22.2 Å². The first-order valence-corrected chi connectivity index (χ1v) is 13.5. The maximum absolute atomic E-state index is 14.9. The lowest BCUT2D eigenvalue weighted by molar-refractivity contribution is -0.274. The first-order chi connectivity index (χ1) is 22.2. The summed E-state index contributed by atoms with van der Waals surface area (Å²) in [6.07, 6.45) is -9.71. The zero-order valence-electron chi connectivity index (χ0n) is 24.4. The lowest BCUT2D eigenvalue weighted by Gasteiger charge is -2.31. The number of ether oxygens (including phenoxy) is 2. The molecule has 0 saturated carbocycles. The zero-order valence-corrected chi connectivity index (χ0v) is 24.4. The number of fused-ring (bicyclic) bond motifs is 2. The largest absolute Gasteiger partial charge is 0.573 e. The number of nitrogens with zero attached hydrogens (tertiary/aromatic N) is 2. The summed E-state index contributed by atoms with van der Waals surface area (Å²) in [7, 11) is 0. The summed E-state index contributed by atoms with van der Waals surface area (Å²) in [5, 5.41) is 12.9. The molecule has 254 valence electrons. The number of hydrogen-bond donors (Lipinski definition) is 3. The van der Waals surface area contributed by atoms with Crippen molar-refractivity contribution in [3.05, 3.63) is 82.4 Å². The van der Waals surface area contributed by atoms with Gasteiger partial charge in [-0.15, -0.1) is 13.2 Å². The second-order valence-electron chi connectivity index (χ2n) is 11.1. The van der Waals surface area contributed by atoms with E-state index < -0.39 is 106 Å². The van der Waals surface area contributed by atoms with E-state index in [4.69, 9.17) is 10.5 Å². The molecule has 4 N–H and O–H groups in total. The highest BCUT2D eigenvalue weighted by Crippen LogP contribution is 2.48. The van der Waals surface area contributed by atoms with Gasteiger partial charge in [0, 0.05) is 28.3 Å². The fourth-order valence-corrected chi connectivity index (χ4v) is 5.00. The fourth-order valence-electron chi connectivity index (χ4n) is 5.00. The number of nitrogens with one attached hydrogen (secondary N) is 1. The molecule has 1 unspecified atom stereocenters. The first kappa shape index (κ1) is 34.2. The van der Waals surface area contributed by atoms with Crippen molar-refractivity contribution in [2.24, 2.45) is 5.73 Å². The van der Waals surface area contributed by atoms with E-state index in [1.807, 2.05) is 0 Å². The van der Waals surface area contributed by atoms with E-state index in [0.29, 0.717) is 29.8 Å². The third kappa shape index (κ3) is 5.91. The number of aliphatic hydroxyl groups is 1. The summed E-state index contributed by atoms with van der Waals surface area (Å²) in [5.41, 5.74) is -4.64. The summed E-state index contributed by atoms with van der Waals surface area (Å²) in [4.78, 5) is 33.0. The van der Waals surface area contributed by atoms with Gasteiger partial charge in [0.1, 0.15) is 29.0 Å². The van der Waals surface area contributed by atoms with Gasteiger partial charge in [-0.25, -0.2) is 18.2 Å². The van der Waals surface area contributed by atoms with Gasteiger partial charge in [-0.2, -0.15) is 13.2 Å². The van der Waals surface area contributed by atoms with Crippen LogP contribution in [0.3, 0.4) is 0 Å². The molecule has 0 spiro atoms. The SMILES string of the molecule is Cc1cnc2c(OC(F)(F)F)cc(C(=O)NCC(O)(c3cc4c(c(-c5ccc(F)c(F)c5F)n3)OC[C@]4(C)C(N)=O)C(F)(F)F)cc2c1. The number of halogens is 9. The first-order valence-electron chi connectivity index (χ1n) is 13.5. The van der Waals surface area contributed by atoms with Crippen LogP contribution in [-0.4, -0.2) is 52.6 Å². The molecule has 1 aliphatic rings. The van der Waals surface area contributed by atoms with E-state index >= 15 is 0 Å². The van der Waals surface area contributed by atoms with Crippen LogP contribution in [0.5, 0.6) is 11.5 Å². The van der Waals surface area contributed by atoms with Gasteiger partial charge < -0.3 is 25.6 Å². The smallest absolute Gasteiger partial charge is 0.489 e. The van der Waals surface area contributed by atoms with Crippen molar-refractivity contribution >= 4 is 22.7 Å². The van der Waals surface area contributed by atoms with Crippen molar-refractivity contribution in [1.82, 2.24) is 15.3 Å². The summed E-state index contributed by atoms with van der Waals surface area (Å²) < 4.78 is 136. The Labute approximate surface area is 263 Å². The van der Waals surface area contributed by atoms with Gasteiger partial charge in [0.2, 0.25) is 11.5 Å². The van der Waals surface area contributed by atoms with E-state index in [2.05, 4.69) is 14.7 Å². The van der Waals surface area contributed by atoms with Crippen LogP contribution >= 0.6 is 0 Å². The number of pyridine rings is 2. The van der Waals surface area contributed by atoms with Crippen molar-refractivity contribution < 1.29 is 63.7 Å². The Morgan fingerprint density at radius 1 is 1.06 bits per heavy atom. The quantitative estimate of drug-likeness (QED) is 0.179. The normalized spacial score (nSPS) is 17.4. The van der Waals surface area contributed by atoms with E-state index in [1.54, 1.807) is 5.32 Å². The minimum atomic E-state index is -5.69. The Hall–Kier alpha value is -5.13. The van der Waals surface area contributed by atoms with Crippen LogP contribution in [0, 0.1) is 24.4 Å². The summed E-state index contributed by atoms with van der Waals surface area (Å²) in [6, 6.07) is 4.59. The van der Waals surface area contributed by atoms with Crippen LogP contribution in [0.4, 0.5) is 39.5 Å². The Morgan fingerprint density at radius 3 is 2.38 bits per heavy atom. The molecule has 48 heavy (non-hydrogen) atoms. The van der Waals surface area contributed by atoms with Crippen molar-refractivity contribution in [3.63, 3.8) is 0 Å². The van der Waals surface area contributed by atoms with Gasteiger partial charge in [0.25, 0.3) is 5.91 Å². The fraction of sp³-hybridized carbons (Fsp3) is 0.267. The van der Waals surface area contributed by atoms with Gasteiger partial charge in [0.05, 0.1) is 12.2 Å². The van der Waals surface area contributed by atoms with Crippen molar-refractivity contribution in [2.75, 3.05) is 13.2 Å². The van der Waals surface area contributed by atoms with E-state index in [1.165, 1.54) is 19.2 Å². The van der Waals surface area contributed by atoms with Gasteiger partial charge in [-0.1, -0.05) is 0 Å². The number of rotatable bonds is 7. The number of aryl methyl sites for hydroxylation is 1. The molecule has 4 aromatic rings. The van der Waals surface area contributed by atoms with Crippen molar-refractivity contribution in [2.45, 2.75) is 37.4 Å². The molecule has 1 aliphatic heterocycles. The summed E-state index contributed by atoms with van der Waals surface area (Å²) >= 11 is 0. The van der Waals surface area contributed by atoms with Crippen LogP contribution in [-0.2, 0) is 15.8 Å². The van der Waals surface area contributed by atoms with Gasteiger partial charge in [-0.05, 0) is 55.8 Å². The minimum absolute atomic E-state index is 0.0443. The molecule has 2 atom stereocenters. The number of alkyl halides is 6. The Balaban J connectivity index is 1.62. The third-order valence-electron chi connectivity index (χ3n) is 7.68. The molecule has 9 nitrogen and oxygen atoms in total. The number of nitrogens with two attached hydrogens (primary N) is 1. The van der Waals surface area contributed by atoms with E-state index in [-0.39, 0.29) is 10.9 Å². The lowest BCUT2D eigenvalue weighted by Crippen LogP contribution is -2.51. The second kappa shape index (κ2) is 11.5. The molecule has 3 heterocycles. The maximum Gasteiger partial charge on any atom is 0.573 e. The number of aromatic nitrogens is 2. The number of amides is 2. The molecule has 2 aromatic heterocycles. The summed E-state index contributed by atoms with van der Waals surface area (Å²) in [5.74, 6) is -9.55. The van der Waals surface area contributed by atoms with Crippen LogP contribution in [0.15, 0.2) is 42.6 Å². The van der Waals surface area contributed by atoms with Crippen LogP contribution in [0.1, 0.15) is 34.1 Å². The second-order valence-corrected chi connectivity index (χ2v) is 11.1. The summed E-state index contributed by atoms with van der Waals surface area (Å²) in [6.45, 7) is 0.350. The molecule has 0 radical (unpaired) electrons. The average Bonchev–Trinajstić information content (AvgIpc) is 3.34. The predicted molar refractivity (Wildman–Crippen MR) is 147 cm³/mol. The average molecular weight is 689 g/mol. The van der Waals surface area contributed by atoms with E-state index in [9.17, 15) is 54.2 Å². The monoisotopic (exact) mass is 688 g/mol. The molecular formula is C30H21F9N4O5. The van der Waals surface area contributed by atoms with Crippen molar-refractivity contribution in [1.29, 1.82) is 0 Å². The highest BCUT2D eigenvalue weighted by molar-refractivity contribution is 6.00. The highest BCUT2D eigenvalue weighted by atomic mass is 19.4. The Kier molecular flexibility index (Phi) is 8.22. The molecule has 0 aliphatic carbocycles. The molecule has 0 bridgehead atoms. The molecule has 2 amide bonds. The number of primary amides is 1. The number of benzene rings is 2.